The summed E-state index contributed by atoms with van der Waals surface area (Å²) >= 11 is 6.02. The molecule has 1 aliphatic rings. The molecule has 0 aliphatic carbocycles. The maximum Gasteiger partial charge on any atom is 0.271 e. The van der Waals surface area contributed by atoms with Crippen molar-refractivity contribution in [2.75, 3.05) is 19.6 Å². The van der Waals surface area contributed by atoms with Crippen LogP contribution < -0.4 is 5.32 Å². The molecule has 1 aliphatic heterocycles. The van der Waals surface area contributed by atoms with Crippen molar-refractivity contribution in [3.05, 3.63) is 52.3 Å². The van der Waals surface area contributed by atoms with Gasteiger partial charge < -0.3 is 5.32 Å². The number of rotatable bonds is 7. The highest BCUT2D eigenvalue weighted by Crippen LogP contribution is 2.25. The summed E-state index contributed by atoms with van der Waals surface area (Å²) in [4.78, 5) is 14.9. The summed E-state index contributed by atoms with van der Waals surface area (Å²) in [7, 11) is 0. The number of nitrogens with one attached hydrogen (secondary N) is 2. The van der Waals surface area contributed by atoms with Gasteiger partial charge in [-0.15, -0.1) is 0 Å². The minimum atomic E-state index is -0.128. The lowest BCUT2D eigenvalue weighted by atomic mass is 10.1. The number of hydrogen-bond acceptors (Lipinski definition) is 3. The first-order valence-electron chi connectivity index (χ1n) is 8.99. The molecule has 1 atom stereocenters. The fourth-order valence-corrected chi connectivity index (χ4v) is 3.48. The molecule has 25 heavy (non-hydrogen) atoms. The first-order chi connectivity index (χ1) is 12.2. The monoisotopic (exact) mass is 360 g/mol. The fraction of sp³-hybridized carbons (Fsp3) is 0.474. The number of carbonyl (C=O) groups excluding carboxylic acids is 1. The van der Waals surface area contributed by atoms with Gasteiger partial charge in [-0.05, 0) is 56.1 Å². The molecular formula is C19H25ClN4O. The molecule has 0 radical (unpaired) electrons. The van der Waals surface area contributed by atoms with Crippen LogP contribution in [-0.4, -0.2) is 40.6 Å². The number of amides is 1. The highest BCUT2D eigenvalue weighted by atomic mass is 35.5. The lowest BCUT2D eigenvalue weighted by Gasteiger charge is -2.28. The molecule has 0 saturated carbocycles. The molecule has 6 heteroatoms. The van der Waals surface area contributed by atoms with Gasteiger partial charge in [-0.2, -0.15) is 5.10 Å². The first kappa shape index (κ1) is 18.0. The third-order valence-corrected chi connectivity index (χ3v) is 4.93. The molecule has 1 saturated heterocycles. The van der Waals surface area contributed by atoms with E-state index in [0.29, 0.717) is 12.2 Å². The number of carbonyl (C=O) groups is 1. The van der Waals surface area contributed by atoms with Crippen LogP contribution in [-0.2, 0) is 6.42 Å². The second kappa shape index (κ2) is 8.50. The fourth-order valence-electron chi connectivity index (χ4n) is 3.35. The summed E-state index contributed by atoms with van der Waals surface area (Å²) in [5.74, 6) is -0.128. The van der Waals surface area contributed by atoms with Gasteiger partial charge >= 0.3 is 0 Å². The van der Waals surface area contributed by atoms with Gasteiger partial charge in [0.2, 0.25) is 0 Å². The van der Waals surface area contributed by atoms with E-state index < -0.39 is 0 Å². The van der Waals surface area contributed by atoms with Crippen LogP contribution in [0.1, 0.15) is 54.0 Å². The van der Waals surface area contributed by atoms with Crippen molar-refractivity contribution in [1.29, 1.82) is 0 Å². The molecule has 0 bridgehead atoms. The van der Waals surface area contributed by atoms with Crippen molar-refractivity contribution >= 4 is 17.5 Å². The van der Waals surface area contributed by atoms with E-state index in [1.807, 2.05) is 30.3 Å². The lowest BCUT2D eigenvalue weighted by molar-refractivity contribution is 0.0933. The third kappa shape index (κ3) is 4.61. The number of H-pyrrole nitrogens is 1. The zero-order valence-corrected chi connectivity index (χ0v) is 15.4. The Hall–Kier alpha value is -1.85. The van der Waals surface area contributed by atoms with Crippen LogP contribution in [0.4, 0.5) is 0 Å². The predicted molar refractivity (Wildman–Crippen MR) is 99.9 cm³/mol. The number of benzene rings is 1. The molecule has 2 N–H and O–H groups in total. The Bertz CT molecular complexity index is 692. The van der Waals surface area contributed by atoms with Crippen molar-refractivity contribution in [3.63, 3.8) is 0 Å². The van der Waals surface area contributed by atoms with E-state index in [1.54, 1.807) is 0 Å². The quantitative estimate of drug-likeness (QED) is 0.793. The van der Waals surface area contributed by atoms with Gasteiger partial charge in [-0.3, -0.25) is 14.8 Å². The Morgan fingerprint density at radius 2 is 2.04 bits per heavy atom. The summed E-state index contributed by atoms with van der Waals surface area (Å²) in [5, 5.41) is 10.8. The molecule has 1 aromatic carbocycles. The van der Waals surface area contributed by atoms with Crippen LogP contribution in [0.2, 0.25) is 5.02 Å². The minimum Gasteiger partial charge on any atom is -0.349 e. The molecule has 1 fully saturated rings. The Balaban J connectivity index is 1.67. The number of likely N-dealkylation sites (tertiary alicyclic amines) is 1. The second-order valence-corrected chi connectivity index (χ2v) is 6.99. The highest BCUT2D eigenvalue weighted by Gasteiger charge is 2.24. The van der Waals surface area contributed by atoms with Gasteiger partial charge in [-0.25, -0.2) is 0 Å². The Labute approximate surface area is 153 Å². The zero-order chi connectivity index (χ0) is 17.6. The molecule has 0 unspecified atom stereocenters. The van der Waals surface area contributed by atoms with Crippen LogP contribution in [0.3, 0.4) is 0 Å². The Morgan fingerprint density at radius 1 is 1.32 bits per heavy atom. The number of aromatic nitrogens is 2. The van der Waals surface area contributed by atoms with E-state index in [9.17, 15) is 4.79 Å². The van der Waals surface area contributed by atoms with Crippen LogP contribution in [0.25, 0.3) is 0 Å². The van der Waals surface area contributed by atoms with Crippen molar-refractivity contribution in [2.45, 2.75) is 38.6 Å². The van der Waals surface area contributed by atoms with Gasteiger partial charge in [0.25, 0.3) is 5.91 Å². The van der Waals surface area contributed by atoms with Crippen molar-refractivity contribution in [2.24, 2.45) is 0 Å². The maximum atomic E-state index is 12.4. The summed E-state index contributed by atoms with van der Waals surface area (Å²) in [6, 6.07) is 9.92. The molecule has 134 valence electrons. The van der Waals surface area contributed by atoms with Crippen molar-refractivity contribution < 1.29 is 4.79 Å². The van der Waals surface area contributed by atoms with E-state index in [4.69, 9.17) is 11.6 Å². The van der Waals surface area contributed by atoms with E-state index in [-0.39, 0.29) is 11.9 Å². The van der Waals surface area contributed by atoms with Gasteiger partial charge in [0.15, 0.2) is 0 Å². The highest BCUT2D eigenvalue weighted by molar-refractivity contribution is 6.30. The molecule has 1 amide bonds. The first-order valence-corrected chi connectivity index (χ1v) is 9.37. The Kier molecular flexibility index (Phi) is 6.10. The molecule has 0 spiro atoms. The summed E-state index contributed by atoms with van der Waals surface area (Å²) in [5.41, 5.74) is 2.64. The average molecular weight is 361 g/mol. The third-order valence-electron chi connectivity index (χ3n) is 4.68. The average Bonchev–Trinajstić information content (AvgIpc) is 3.29. The van der Waals surface area contributed by atoms with Gasteiger partial charge in [-0.1, -0.05) is 37.1 Å². The van der Waals surface area contributed by atoms with E-state index in [0.717, 1.165) is 36.6 Å². The van der Waals surface area contributed by atoms with Crippen molar-refractivity contribution in [1.82, 2.24) is 20.4 Å². The molecule has 5 nitrogen and oxygen atoms in total. The number of halogens is 1. The van der Waals surface area contributed by atoms with Crippen LogP contribution in [0, 0.1) is 0 Å². The van der Waals surface area contributed by atoms with E-state index in [2.05, 4.69) is 27.3 Å². The topological polar surface area (TPSA) is 61.0 Å². The van der Waals surface area contributed by atoms with Gasteiger partial charge in [0.1, 0.15) is 5.69 Å². The number of aromatic amines is 1. The molecule has 2 heterocycles. The number of nitrogens with zero attached hydrogens (tertiary/aromatic N) is 2. The summed E-state index contributed by atoms with van der Waals surface area (Å²) in [6.07, 6.45) is 4.34. The summed E-state index contributed by atoms with van der Waals surface area (Å²) < 4.78 is 0. The SMILES string of the molecule is CCCc1cc(C(=O)NC[C@@H](c2ccc(Cl)cc2)N2CCCC2)n[nH]1. The zero-order valence-electron chi connectivity index (χ0n) is 14.6. The summed E-state index contributed by atoms with van der Waals surface area (Å²) in [6.45, 7) is 4.79. The van der Waals surface area contributed by atoms with Crippen LogP contribution in [0.15, 0.2) is 30.3 Å². The maximum absolute atomic E-state index is 12.4. The lowest BCUT2D eigenvalue weighted by Crippen LogP contribution is -2.36. The van der Waals surface area contributed by atoms with E-state index in [1.165, 1.54) is 18.4 Å². The van der Waals surface area contributed by atoms with Crippen LogP contribution >= 0.6 is 11.6 Å². The second-order valence-electron chi connectivity index (χ2n) is 6.55. The number of hydrogen-bond donors (Lipinski definition) is 2. The molecule has 1 aromatic heterocycles. The minimum absolute atomic E-state index is 0.128. The predicted octanol–water partition coefficient (Wildman–Crippen LogP) is 3.58. The Morgan fingerprint density at radius 3 is 2.72 bits per heavy atom. The van der Waals surface area contributed by atoms with Gasteiger partial charge in [0, 0.05) is 17.3 Å². The standard InChI is InChI=1S/C19H25ClN4O/c1-2-5-16-12-17(23-22-16)19(25)21-13-18(24-10-3-4-11-24)14-6-8-15(20)9-7-14/h6-9,12,18H,2-5,10-11,13H2,1H3,(H,21,25)(H,22,23)/t18-/m0/s1. The molecule has 2 aromatic rings. The van der Waals surface area contributed by atoms with Gasteiger partial charge in [0.05, 0.1) is 6.04 Å². The molecule has 3 rings (SSSR count). The van der Waals surface area contributed by atoms with Crippen LogP contribution in [0.5, 0.6) is 0 Å². The van der Waals surface area contributed by atoms with E-state index >= 15 is 0 Å². The van der Waals surface area contributed by atoms with Crippen molar-refractivity contribution in [3.8, 4) is 0 Å². The largest absolute Gasteiger partial charge is 0.349 e. The normalized spacial score (nSPS) is 16.1. The number of aryl methyl sites for hydroxylation is 1. The molecular weight excluding hydrogens is 336 g/mol. The smallest absolute Gasteiger partial charge is 0.271 e.